The van der Waals surface area contributed by atoms with E-state index >= 15 is 0 Å². The topological polar surface area (TPSA) is 43.4 Å². The second-order valence-corrected chi connectivity index (χ2v) is 4.64. The van der Waals surface area contributed by atoms with Crippen molar-refractivity contribution in [3.05, 3.63) is 0 Å². The van der Waals surface area contributed by atoms with Crippen LogP contribution in [0.3, 0.4) is 0 Å². The molecule has 3 heteroatoms. The van der Waals surface area contributed by atoms with Gasteiger partial charge >= 0.3 is 0 Å². The van der Waals surface area contributed by atoms with E-state index in [-0.39, 0.29) is 5.54 Å². The molecule has 2 unspecified atom stereocenters. The van der Waals surface area contributed by atoms with Crippen molar-refractivity contribution in [2.75, 3.05) is 0 Å². The largest absolute Gasteiger partial charge is 0.391 e. The Morgan fingerprint density at radius 1 is 1.33 bits per heavy atom. The van der Waals surface area contributed by atoms with Crippen molar-refractivity contribution in [1.29, 1.82) is 0 Å². The molecule has 71 valence electrons. The van der Waals surface area contributed by atoms with Crippen molar-refractivity contribution in [3.63, 3.8) is 0 Å². The average Bonchev–Trinajstić information content (AvgIpc) is 2.15. The van der Waals surface area contributed by atoms with Crippen molar-refractivity contribution in [3.8, 4) is 0 Å². The third kappa shape index (κ3) is 1.26. The first-order valence-corrected chi connectivity index (χ1v) is 4.46. The molecule has 0 saturated carbocycles. The Labute approximate surface area is 74.0 Å². The van der Waals surface area contributed by atoms with E-state index in [2.05, 4.69) is 0 Å². The lowest BCUT2D eigenvalue weighted by molar-refractivity contribution is -0.266. The van der Waals surface area contributed by atoms with Gasteiger partial charge in [0.05, 0.1) is 11.6 Å². The monoisotopic (exact) mass is 172 g/mol. The highest BCUT2D eigenvalue weighted by Gasteiger charge is 2.50. The first-order chi connectivity index (χ1) is 5.31. The van der Waals surface area contributed by atoms with Crippen LogP contribution in [0.25, 0.3) is 0 Å². The molecule has 1 aliphatic heterocycles. The number of rotatable bonds is 1. The van der Waals surface area contributed by atoms with Crippen LogP contribution < -0.4 is 0 Å². The Kier molecular flexibility index (Phi) is 2.23. The van der Waals surface area contributed by atoms with Gasteiger partial charge in [0.1, 0.15) is 0 Å². The van der Waals surface area contributed by atoms with Gasteiger partial charge in [-0.15, -0.1) is 10.3 Å². The zero-order valence-electron chi connectivity index (χ0n) is 8.29. The molecule has 0 bridgehead atoms. The highest BCUT2D eigenvalue weighted by molar-refractivity contribution is 5.01. The molecule has 12 heavy (non-hydrogen) atoms. The number of hydrogen-bond acceptors (Lipinski definition) is 2. The van der Waals surface area contributed by atoms with E-state index in [0.29, 0.717) is 0 Å². The fourth-order valence-corrected chi connectivity index (χ4v) is 1.83. The number of aliphatic hydroxyl groups excluding tert-OH is 1. The molecule has 1 N–H and O–H groups in total. The van der Waals surface area contributed by atoms with Gasteiger partial charge in [0.2, 0.25) is 0 Å². The van der Waals surface area contributed by atoms with Crippen molar-refractivity contribution >= 4 is 0 Å². The van der Waals surface area contributed by atoms with Gasteiger partial charge in [0.15, 0.2) is 0 Å². The molecule has 0 spiro atoms. The number of hydroxylamine groups is 2. The van der Waals surface area contributed by atoms with Crippen LogP contribution in [-0.4, -0.2) is 27.4 Å². The lowest BCUT2D eigenvalue weighted by Gasteiger charge is -2.36. The third-order valence-electron chi connectivity index (χ3n) is 3.16. The van der Waals surface area contributed by atoms with Crippen molar-refractivity contribution in [2.24, 2.45) is 0 Å². The minimum Gasteiger partial charge on any atom is -0.391 e. The molecule has 1 radical (unpaired) electrons. The van der Waals surface area contributed by atoms with Crippen LogP contribution in [0.2, 0.25) is 0 Å². The Morgan fingerprint density at radius 3 is 2.00 bits per heavy atom. The highest BCUT2D eigenvalue weighted by Crippen LogP contribution is 2.41. The van der Waals surface area contributed by atoms with Crippen LogP contribution in [0.4, 0.5) is 0 Å². The number of hydrogen-bond donors (Lipinski definition) is 1. The molecular weight excluding hydrogens is 154 g/mol. The van der Waals surface area contributed by atoms with Gasteiger partial charge < -0.3 is 5.11 Å². The first-order valence-electron chi connectivity index (χ1n) is 4.46. The summed E-state index contributed by atoms with van der Waals surface area (Å²) in [6.07, 6.45) is 1.08. The Morgan fingerprint density at radius 2 is 1.83 bits per heavy atom. The van der Waals surface area contributed by atoms with Crippen LogP contribution in [0.5, 0.6) is 0 Å². The molecule has 0 aliphatic carbocycles. The maximum atomic E-state index is 11.7. The van der Waals surface area contributed by atoms with E-state index in [1.807, 2.05) is 20.8 Å². The fourth-order valence-electron chi connectivity index (χ4n) is 1.83. The minimum atomic E-state index is -0.580. The summed E-state index contributed by atoms with van der Waals surface area (Å²) >= 11 is 0. The van der Waals surface area contributed by atoms with E-state index in [4.69, 9.17) is 0 Å². The van der Waals surface area contributed by atoms with E-state index in [9.17, 15) is 10.3 Å². The molecule has 1 heterocycles. The summed E-state index contributed by atoms with van der Waals surface area (Å²) in [6.45, 7) is 7.37. The van der Waals surface area contributed by atoms with Gasteiger partial charge in [-0.05, 0) is 40.5 Å². The van der Waals surface area contributed by atoms with E-state index in [0.717, 1.165) is 17.9 Å². The standard InChI is InChI=1S/C9H18NO2/c1-7(11)9(4)6-5-8(2,3)10(9)12/h7,11H,5-6H2,1-4H3. The summed E-state index contributed by atoms with van der Waals surface area (Å²) in [7, 11) is 0. The second-order valence-electron chi connectivity index (χ2n) is 4.64. The first kappa shape index (κ1) is 9.96. The summed E-state index contributed by atoms with van der Waals surface area (Å²) < 4.78 is 0. The summed E-state index contributed by atoms with van der Waals surface area (Å²) in [5.74, 6) is 0. The zero-order valence-corrected chi connectivity index (χ0v) is 8.29. The zero-order chi connectivity index (χ0) is 9.57. The van der Waals surface area contributed by atoms with E-state index in [1.165, 1.54) is 0 Å². The Hall–Kier alpha value is -0.120. The normalized spacial score (nSPS) is 38.5. The molecule has 0 aromatic rings. The smallest absolute Gasteiger partial charge is 0.0727 e. The number of nitrogens with zero attached hydrogens (tertiary/aromatic N) is 1. The maximum Gasteiger partial charge on any atom is 0.0727 e. The van der Waals surface area contributed by atoms with Crippen LogP contribution in [0.15, 0.2) is 0 Å². The number of aliphatic hydroxyl groups is 1. The summed E-state index contributed by atoms with van der Waals surface area (Å²) in [6, 6.07) is 0. The highest BCUT2D eigenvalue weighted by atomic mass is 16.5. The van der Waals surface area contributed by atoms with Gasteiger partial charge in [-0.1, -0.05) is 0 Å². The summed E-state index contributed by atoms with van der Waals surface area (Å²) in [5.41, 5.74) is -0.894. The van der Waals surface area contributed by atoms with Crippen molar-refractivity contribution in [1.82, 2.24) is 5.06 Å². The van der Waals surface area contributed by atoms with Crippen LogP contribution in [0, 0.1) is 0 Å². The lowest BCUT2D eigenvalue weighted by atomic mass is 9.94. The molecule has 0 aromatic carbocycles. The third-order valence-corrected chi connectivity index (χ3v) is 3.16. The second kappa shape index (κ2) is 2.69. The van der Waals surface area contributed by atoms with Crippen molar-refractivity contribution < 1.29 is 10.3 Å². The van der Waals surface area contributed by atoms with Crippen molar-refractivity contribution in [2.45, 2.75) is 57.7 Å². The molecule has 0 aromatic heterocycles. The quantitative estimate of drug-likeness (QED) is 0.648. The molecule has 3 nitrogen and oxygen atoms in total. The summed E-state index contributed by atoms with van der Waals surface area (Å²) in [5, 5.41) is 22.3. The van der Waals surface area contributed by atoms with Crippen LogP contribution in [0.1, 0.15) is 40.5 Å². The predicted octanol–water partition coefficient (Wildman–Crippen LogP) is 1.35. The van der Waals surface area contributed by atoms with Crippen LogP contribution >= 0.6 is 0 Å². The molecule has 0 amide bonds. The SMILES string of the molecule is CC(O)C1(C)CCC(C)(C)N1[O]. The molecule has 1 aliphatic rings. The van der Waals surface area contributed by atoms with E-state index in [1.54, 1.807) is 6.92 Å². The van der Waals surface area contributed by atoms with Crippen LogP contribution in [-0.2, 0) is 5.21 Å². The predicted molar refractivity (Wildman–Crippen MR) is 45.9 cm³/mol. The molecule has 2 atom stereocenters. The molecule has 1 fully saturated rings. The Bertz CT molecular complexity index is 179. The van der Waals surface area contributed by atoms with Gasteiger partial charge in [0, 0.05) is 5.54 Å². The van der Waals surface area contributed by atoms with Gasteiger partial charge in [0.25, 0.3) is 0 Å². The van der Waals surface area contributed by atoms with Gasteiger partial charge in [-0.2, -0.15) is 0 Å². The van der Waals surface area contributed by atoms with Gasteiger partial charge in [-0.3, -0.25) is 0 Å². The molecular formula is C9H18NO2. The Balaban J connectivity index is 2.85. The van der Waals surface area contributed by atoms with Gasteiger partial charge in [-0.25, -0.2) is 0 Å². The van der Waals surface area contributed by atoms with E-state index < -0.39 is 11.6 Å². The fraction of sp³-hybridized carbons (Fsp3) is 1.00. The molecule has 1 rings (SSSR count). The maximum absolute atomic E-state index is 11.7. The lowest BCUT2D eigenvalue weighted by Crippen LogP contribution is -2.52. The minimum absolute atomic E-state index is 0.314. The molecule has 1 saturated heterocycles. The average molecular weight is 172 g/mol. The summed E-state index contributed by atoms with van der Waals surface area (Å²) in [4.78, 5) is 0.